The van der Waals surface area contributed by atoms with Crippen LogP contribution in [-0.2, 0) is 12.8 Å². The molecule has 0 spiro atoms. The van der Waals surface area contributed by atoms with Crippen LogP contribution in [0.3, 0.4) is 0 Å². The minimum atomic E-state index is -0.466. The summed E-state index contributed by atoms with van der Waals surface area (Å²) in [4.78, 5) is 20.5. The van der Waals surface area contributed by atoms with E-state index in [0.717, 1.165) is 12.0 Å². The lowest BCUT2D eigenvalue weighted by Gasteiger charge is -2.11. The average molecular weight is 430 g/mol. The first-order chi connectivity index (χ1) is 14.6. The molecule has 3 aromatic rings. The number of anilines is 2. The highest BCUT2D eigenvalue weighted by Crippen LogP contribution is 2.30. The van der Waals surface area contributed by atoms with Gasteiger partial charge in [-0.1, -0.05) is 12.1 Å². The minimum absolute atomic E-state index is 0.156. The molecule has 0 aliphatic heterocycles. The van der Waals surface area contributed by atoms with Gasteiger partial charge in [0.15, 0.2) is 11.5 Å². The van der Waals surface area contributed by atoms with Crippen LogP contribution in [0.1, 0.15) is 10.4 Å². The molecule has 1 aromatic carbocycles. The molecular formula is C20H23N5O4S. The Kier molecular flexibility index (Phi) is 7.39. The summed E-state index contributed by atoms with van der Waals surface area (Å²) < 4.78 is 10.5. The normalized spacial score (nSPS) is 10.5. The molecule has 0 atom stereocenters. The molecule has 0 saturated carbocycles. The van der Waals surface area contributed by atoms with Crippen LogP contribution in [0.5, 0.6) is 11.5 Å². The van der Waals surface area contributed by atoms with E-state index in [2.05, 4.69) is 20.6 Å². The summed E-state index contributed by atoms with van der Waals surface area (Å²) in [5.41, 5.74) is 0.849. The number of rotatable bonds is 11. The van der Waals surface area contributed by atoms with Crippen molar-refractivity contribution in [2.45, 2.75) is 12.8 Å². The summed E-state index contributed by atoms with van der Waals surface area (Å²) in [5.74, 6) is 1.69. The third-order valence-corrected chi connectivity index (χ3v) is 5.34. The summed E-state index contributed by atoms with van der Waals surface area (Å²) in [6, 6.07) is 9.65. The molecule has 2 heterocycles. The van der Waals surface area contributed by atoms with Crippen molar-refractivity contribution in [1.82, 2.24) is 9.97 Å². The smallest absolute Gasteiger partial charge is 0.353 e. The highest BCUT2D eigenvalue weighted by Gasteiger charge is 2.22. The van der Waals surface area contributed by atoms with E-state index >= 15 is 0 Å². The zero-order valence-electron chi connectivity index (χ0n) is 16.8. The van der Waals surface area contributed by atoms with Crippen LogP contribution < -0.4 is 20.1 Å². The molecule has 0 radical (unpaired) electrons. The third-order valence-electron chi connectivity index (χ3n) is 4.40. The van der Waals surface area contributed by atoms with Crippen molar-refractivity contribution in [2.75, 3.05) is 37.9 Å². The molecule has 0 saturated heterocycles. The topological polar surface area (TPSA) is 111 Å². The average Bonchev–Trinajstić information content (AvgIpc) is 3.27. The van der Waals surface area contributed by atoms with Crippen LogP contribution in [-0.4, -0.2) is 42.2 Å². The Morgan fingerprint density at radius 1 is 1.03 bits per heavy atom. The monoisotopic (exact) mass is 429 g/mol. The van der Waals surface area contributed by atoms with Gasteiger partial charge in [-0.2, -0.15) is 0 Å². The number of methoxy groups -OCH3 is 2. The molecule has 0 aliphatic rings. The van der Waals surface area contributed by atoms with Gasteiger partial charge < -0.3 is 20.1 Å². The highest BCUT2D eigenvalue weighted by atomic mass is 32.1. The van der Waals surface area contributed by atoms with Crippen molar-refractivity contribution >= 4 is 28.7 Å². The Balaban J connectivity index is 1.64. The quantitative estimate of drug-likeness (QED) is 0.350. The van der Waals surface area contributed by atoms with Crippen LogP contribution in [0.25, 0.3) is 0 Å². The SMILES string of the molecule is COc1ccc(CCNc2ncnc(NCCc3cccs3)c2[N+](=O)[O-])cc1OC. The highest BCUT2D eigenvalue weighted by molar-refractivity contribution is 7.09. The standard InChI is InChI=1S/C20H23N5O4S/c1-28-16-6-5-14(12-17(16)29-2)7-9-21-19-18(25(26)27)20(24-13-23-19)22-10-8-15-4-3-11-30-15/h3-6,11-13H,7-10H2,1-2H3,(H2,21,22,23,24). The summed E-state index contributed by atoms with van der Waals surface area (Å²) >= 11 is 1.65. The molecule has 2 aromatic heterocycles. The molecule has 0 fully saturated rings. The summed E-state index contributed by atoms with van der Waals surface area (Å²) in [6.07, 6.45) is 2.71. The van der Waals surface area contributed by atoms with Crippen molar-refractivity contribution in [3.8, 4) is 11.5 Å². The maximum Gasteiger partial charge on any atom is 0.353 e. The maximum atomic E-state index is 11.6. The van der Waals surface area contributed by atoms with Crippen molar-refractivity contribution in [1.29, 1.82) is 0 Å². The molecule has 158 valence electrons. The van der Waals surface area contributed by atoms with Gasteiger partial charge in [0.1, 0.15) is 6.33 Å². The van der Waals surface area contributed by atoms with Gasteiger partial charge in [-0.15, -0.1) is 11.3 Å². The maximum absolute atomic E-state index is 11.6. The lowest BCUT2D eigenvalue weighted by molar-refractivity contribution is -0.383. The predicted molar refractivity (Wildman–Crippen MR) is 117 cm³/mol. The predicted octanol–water partition coefficient (Wildman–Crippen LogP) is 3.77. The number of ether oxygens (including phenoxy) is 2. The first-order valence-electron chi connectivity index (χ1n) is 9.32. The fourth-order valence-electron chi connectivity index (χ4n) is 2.93. The van der Waals surface area contributed by atoms with Gasteiger partial charge in [-0.25, -0.2) is 9.97 Å². The molecule has 10 heteroatoms. The summed E-state index contributed by atoms with van der Waals surface area (Å²) in [7, 11) is 3.16. The third kappa shape index (κ3) is 5.35. The number of thiophene rings is 1. The first kappa shape index (κ1) is 21.3. The van der Waals surface area contributed by atoms with Crippen LogP contribution >= 0.6 is 11.3 Å². The lowest BCUT2D eigenvalue weighted by Crippen LogP contribution is -2.13. The van der Waals surface area contributed by atoms with Gasteiger partial charge in [-0.3, -0.25) is 10.1 Å². The van der Waals surface area contributed by atoms with Gasteiger partial charge in [0.25, 0.3) is 0 Å². The Bertz CT molecular complexity index is 981. The zero-order valence-corrected chi connectivity index (χ0v) is 17.6. The van der Waals surface area contributed by atoms with Crippen LogP contribution in [0, 0.1) is 10.1 Å². The molecular weight excluding hydrogens is 406 g/mol. The van der Waals surface area contributed by atoms with E-state index in [1.165, 1.54) is 11.2 Å². The van der Waals surface area contributed by atoms with E-state index in [0.29, 0.717) is 31.0 Å². The number of hydrogen-bond donors (Lipinski definition) is 2. The van der Waals surface area contributed by atoms with E-state index < -0.39 is 4.92 Å². The first-order valence-corrected chi connectivity index (χ1v) is 10.2. The van der Waals surface area contributed by atoms with Crippen molar-refractivity contribution in [3.05, 3.63) is 62.6 Å². The summed E-state index contributed by atoms with van der Waals surface area (Å²) in [5, 5.41) is 19.7. The van der Waals surface area contributed by atoms with Crippen molar-refractivity contribution in [3.63, 3.8) is 0 Å². The van der Waals surface area contributed by atoms with Crippen molar-refractivity contribution < 1.29 is 14.4 Å². The van der Waals surface area contributed by atoms with Gasteiger partial charge in [0, 0.05) is 18.0 Å². The molecule has 0 aliphatic carbocycles. The molecule has 0 bridgehead atoms. The number of nitrogens with one attached hydrogen (secondary N) is 2. The van der Waals surface area contributed by atoms with Crippen LogP contribution in [0.15, 0.2) is 42.0 Å². The molecule has 9 nitrogen and oxygen atoms in total. The van der Waals surface area contributed by atoms with E-state index in [-0.39, 0.29) is 17.3 Å². The Hall–Kier alpha value is -3.40. The molecule has 3 rings (SSSR count). The van der Waals surface area contributed by atoms with E-state index in [1.54, 1.807) is 25.6 Å². The molecule has 0 amide bonds. The van der Waals surface area contributed by atoms with E-state index in [1.807, 2.05) is 35.7 Å². The van der Waals surface area contributed by atoms with Crippen molar-refractivity contribution in [2.24, 2.45) is 0 Å². The number of nitrogens with zero attached hydrogens (tertiary/aromatic N) is 3. The molecule has 2 N–H and O–H groups in total. The second-order valence-corrected chi connectivity index (χ2v) is 7.33. The number of aromatic nitrogens is 2. The summed E-state index contributed by atoms with van der Waals surface area (Å²) in [6.45, 7) is 1.01. The number of nitro groups is 1. The second-order valence-electron chi connectivity index (χ2n) is 6.30. The van der Waals surface area contributed by atoms with Gasteiger partial charge >= 0.3 is 5.69 Å². The van der Waals surface area contributed by atoms with E-state index in [9.17, 15) is 10.1 Å². The zero-order chi connectivity index (χ0) is 21.3. The fraction of sp³-hybridized carbons (Fsp3) is 0.300. The van der Waals surface area contributed by atoms with Crippen LogP contribution in [0.4, 0.5) is 17.3 Å². The largest absolute Gasteiger partial charge is 0.493 e. The van der Waals surface area contributed by atoms with Gasteiger partial charge in [0.05, 0.1) is 19.1 Å². The Morgan fingerprint density at radius 2 is 1.73 bits per heavy atom. The van der Waals surface area contributed by atoms with Gasteiger partial charge in [0.2, 0.25) is 11.6 Å². The van der Waals surface area contributed by atoms with Gasteiger partial charge in [-0.05, 0) is 42.0 Å². The molecule has 30 heavy (non-hydrogen) atoms. The van der Waals surface area contributed by atoms with E-state index in [4.69, 9.17) is 9.47 Å². The fourth-order valence-corrected chi connectivity index (χ4v) is 3.64. The Morgan fingerprint density at radius 3 is 2.33 bits per heavy atom. The number of hydrogen-bond acceptors (Lipinski definition) is 9. The van der Waals surface area contributed by atoms with Crippen LogP contribution in [0.2, 0.25) is 0 Å². The second kappa shape index (κ2) is 10.4. The lowest BCUT2D eigenvalue weighted by atomic mass is 10.1. The molecule has 0 unspecified atom stereocenters. The Labute approximate surface area is 178 Å². The minimum Gasteiger partial charge on any atom is -0.493 e. The number of benzene rings is 1.